The van der Waals surface area contributed by atoms with E-state index in [9.17, 15) is 19.5 Å². The van der Waals surface area contributed by atoms with Gasteiger partial charge in [-0.25, -0.2) is 4.79 Å². The molecule has 0 bridgehead atoms. The van der Waals surface area contributed by atoms with E-state index < -0.39 is 12.0 Å². The van der Waals surface area contributed by atoms with Crippen molar-refractivity contribution in [3.05, 3.63) is 29.8 Å². The van der Waals surface area contributed by atoms with E-state index >= 15 is 0 Å². The van der Waals surface area contributed by atoms with Gasteiger partial charge in [0.1, 0.15) is 6.04 Å². The monoisotopic (exact) mass is 339 g/mol. The molecule has 1 amide bonds. The quantitative estimate of drug-likeness (QED) is 0.850. The Morgan fingerprint density at radius 3 is 2.64 bits per heavy atom. The summed E-state index contributed by atoms with van der Waals surface area (Å²) in [4.78, 5) is 37.6. The third-order valence-corrected chi connectivity index (χ3v) is 5.65. The van der Waals surface area contributed by atoms with E-state index in [4.69, 9.17) is 0 Å². The van der Waals surface area contributed by atoms with Crippen molar-refractivity contribution in [3.63, 3.8) is 0 Å². The Hall–Kier alpha value is -1.47. The van der Waals surface area contributed by atoms with E-state index in [0.29, 0.717) is 22.6 Å². The van der Waals surface area contributed by atoms with Crippen LogP contribution in [0.1, 0.15) is 30.6 Å². The third kappa shape index (κ3) is 3.47. The van der Waals surface area contributed by atoms with Crippen molar-refractivity contribution in [1.82, 2.24) is 4.90 Å². The molecule has 1 N–H and O–H groups in total. The fourth-order valence-electron chi connectivity index (χ4n) is 2.37. The standard InChI is InChI=1S/C15H17NO4S2/c1-3-13-16(11(8-21-13)15(19)20)14(18)10-6-4-5-7-12(10)22-9(2)17/h4-7,11,13H,3,8H2,1-2H3,(H,19,20)/t11-,13+/m0/s1. The molecule has 2 rings (SSSR count). The van der Waals surface area contributed by atoms with Gasteiger partial charge in [-0.2, -0.15) is 0 Å². The van der Waals surface area contributed by atoms with Crippen molar-refractivity contribution in [2.24, 2.45) is 0 Å². The highest BCUT2D eigenvalue weighted by atomic mass is 32.2. The fourth-order valence-corrected chi connectivity index (χ4v) is 4.44. The molecule has 0 unspecified atom stereocenters. The van der Waals surface area contributed by atoms with Gasteiger partial charge in [-0.05, 0) is 18.6 Å². The van der Waals surface area contributed by atoms with Gasteiger partial charge in [-0.15, -0.1) is 11.8 Å². The Bertz CT molecular complexity index is 605. The Labute approximate surface area is 137 Å². The highest BCUT2D eigenvalue weighted by Gasteiger charge is 2.41. The number of hydrogen-bond donors (Lipinski definition) is 1. The summed E-state index contributed by atoms with van der Waals surface area (Å²) in [5, 5.41) is 9.08. The summed E-state index contributed by atoms with van der Waals surface area (Å²) in [6, 6.07) is 6.00. The first kappa shape index (κ1) is 16.9. The molecule has 0 spiro atoms. The van der Waals surface area contributed by atoms with Gasteiger partial charge in [-0.3, -0.25) is 9.59 Å². The molecule has 0 aliphatic carbocycles. The lowest BCUT2D eigenvalue weighted by Crippen LogP contribution is -2.45. The van der Waals surface area contributed by atoms with E-state index in [1.54, 1.807) is 24.3 Å². The summed E-state index contributed by atoms with van der Waals surface area (Å²) in [5.74, 6) is -0.927. The molecule has 1 fully saturated rings. The lowest BCUT2D eigenvalue weighted by atomic mass is 10.1. The van der Waals surface area contributed by atoms with E-state index in [2.05, 4.69) is 0 Å². The third-order valence-electron chi connectivity index (χ3n) is 3.33. The highest BCUT2D eigenvalue weighted by molar-refractivity contribution is 8.13. The minimum atomic E-state index is -0.992. The number of carboxylic acid groups (broad SMARTS) is 1. The molecule has 1 saturated heterocycles. The van der Waals surface area contributed by atoms with Crippen LogP contribution in [0.5, 0.6) is 0 Å². The molecule has 5 nitrogen and oxygen atoms in total. The molecular weight excluding hydrogens is 322 g/mol. The molecule has 1 heterocycles. The number of aliphatic carboxylic acids is 1. The first-order valence-corrected chi connectivity index (χ1v) is 8.76. The van der Waals surface area contributed by atoms with Crippen molar-refractivity contribution in [2.45, 2.75) is 36.6 Å². The lowest BCUT2D eigenvalue weighted by molar-refractivity contribution is -0.141. The zero-order valence-electron chi connectivity index (χ0n) is 12.3. The topological polar surface area (TPSA) is 74.7 Å². The summed E-state index contributed by atoms with van der Waals surface area (Å²) < 4.78 is 0. The van der Waals surface area contributed by atoms with Crippen LogP contribution in [0.3, 0.4) is 0 Å². The second-order valence-electron chi connectivity index (χ2n) is 4.85. The normalized spacial score (nSPS) is 20.9. The summed E-state index contributed by atoms with van der Waals surface area (Å²) in [6.45, 7) is 3.37. The zero-order chi connectivity index (χ0) is 16.3. The maximum Gasteiger partial charge on any atom is 0.327 e. The van der Waals surface area contributed by atoms with Crippen LogP contribution in [0.4, 0.5) is 0 Å². The molecule has 1 aliphatic heterocycles. The van der Waals surface area contributed by atoms with Crippen molar-refractivity contribution in [3.8, 4) is 0 Å². The van der Waals surface area contributed by atoms with Crippen molar-refractivity contribution < 1.29 is 19.5 Å². The summed E-state index contributed by atoms with van der Waals surface area (Å²) in [5.41, 5.74) is 0.384. The SMILES string of the molecule is CC[C@H]1SC[C@@H](C(=O)O)N1C(=O)c1ccccc1SC(C)=O. The number of carbonyl (C=O) groups is 3. The molecule has 0 saturated carbocycles. The molecule has 22 heavy (non-hydrogen) atoms. The van der Waals surface area contributed by atoms with Crippen LogP contribution in [0.25, 0.3) is 0 Å². The number of thioether (sulfide) groups is 2. The van der Waals surface area contributed by atoms with Gasteiger partial charge in [0.2, 0.25) is 0 Å². The Morgan fingerprint density at radius 1 is 1.36 bits per heavy atom. The van der Waals surface area contributed by atoms with E-state index in [1.165, 1.54) is 23.6 Å². The van der Waals surface area contributed by atoms with Crippen LogP contribution >= 0.6 is 23.5 Å². The van der Waals surface area contributed by atoms with Crippen LogP contribution in [0.15, 0.2) is 29.2 Å². The van der Waals surface area contributed by atoms with E-state index in [1.807, 2.05) is 6.92 Å². The van der Waals surface area contributed by atoms with Crippen LogP contribution in [0, 0.1) is 0 Å². The number of carboxylic acids is 1. The second-order valence-corrected chi connectivity index (χ2v) is 7.28. The number of rotatable bonds is 4. The highest BCUT2D eigenvalue weighted by Crippen LogP contribution is 2.34. The number of hydrogen-bond acceptors (Lipinski definition) is 5. The molecular formula is C15H17NO4S2. The number of carbonyl (C=O) groups excluding carboxylic acids is 2. The predicted octanol–water partition coefficient (Wildman–Crippen LogP) is 2.70. The summed E-state index contributed by atoms with van der Waals surface area (Å²) >= 11 is 2.47. The van der Waals surface area contributed by atoms with Gasteiger partial charge in [0.25, 0.3) is 5.91 Å². The van der Waals surface area contributed by atoms with Crippen LogP contribution in [0.2, 0.25) is 0 Å². The molecule has 1 aromatic rings. The van der Waals surface area contributed by atoms with Crippen LogP contribution in [-0.2, 0) is 9.59 Å². The minimum absolute atomic E-state index is 0.113. The second kappa shape index (κ2) is 7.19. The number of amides is 1. The summed E-state index contributed by atoms with van der Waals surface area (Å²) in [6.07, 6.45) is 0.683. The van der Waals surface area contributed by atoms with Gasteiger partial charge < -0.3 is 10.0 Å². The minimum Gasteiger partial charge on any atom is -0.480 e. The van der Waals surface area contributed by atoms with Crippen LogP contribution in [-0.4, -0.2) is 44.2 Å². The molecule has 1 aliphatic rings. The average molecular weight is 339 g/mol. The Balaban J connectivity index is 2.37. The Kier molecular flexibility index (Phi) is 5.52. The number of nitrogens with zero attached hydrogens (tertiary/aromatic N) is 1. The average Bonchev–Trinajstić information content (AvgIpc) is 2.90. The summed E-state index contributed by atoms with van der Waals surface area (Å²) in [7, 11) is 0. The van der Waals surface area contributed by atoms with Crippen molar-refractivity contribution >= 4 is 40.5 Å². The maximum absolute atomic E-state index is 12.9. The molecule has 0 radical (unpaired) electrons. The molecule has 118 valence electrons. The van der Waals surface area contributed by atoms with Gasteiger partial charge in [0.05, 0.1) is 10.9 Å². The zero-order valence-corrected chi connectivity index (χ0v) is 13.9. The fraction of sp³-hybridized carbons (Fsp3) is 0.400. The van der Waals surface area contributed by atoms with Gasteiger partial charge >= 0.3 is 5.97 Å². The van der Waals surface area contributed by atoms with Crippen molar-refractivity contribution in [2.75, 3.05) is 5.75 Å². The van der Waals surface area contributed by atoms with Gasteiger partial charge in [-0.1, -0.05) is 30.8 Å². The maximum atomic E-state index is 12.9. The van der Waals surface area contributed by atoms with Gasteiger partial charge in [0.15, 0.2) is 5.12 Å². The Morgan fingerprint density at radius 2 is 2.05 bits per heavy atom. The smallest absolute Gasteiger partial charge is 0.327 e. The predicted molar refractivity (Wildman–Crippen MR) is 87.1 cm³/mol. The largest absolute Gasteiger partial charge is 0.480 e. The van der Waals surface area contributed by atoms with Crippen molar-refractivity contribution in [1.29, 1.82) is 0 Å². The lowest BCUT2D eigenvalue weighted by Gasteiger charge is -2.27. The molecule has 2 atom stereocenters. The molecule has 0 aromatic heterocycles. The van der Waals surface area contributed by atoms with E-state index in [0.717, 1.165) is 11.8 Å². The van der Waals surface area contributed by atoms with Gasteiger partial charge in [0, 0.05) is 17.6 Å². The molecule has 1 aromatic carbocycles. The molecule has 7 heteroatoms. The number of benzene rings is 1. The first-order chi connectivity index (χ1) is 10.5. The van der Waals surface area contributed by atoms with E-state index in [-0.39, 0.29) is 16.4 Å². The van der Waals surface area contributed by atoms with Crippen LogP contribution < -0.4 is 0 Å². The first-order valence-electron chi connectivity index (χ1n) is 6.90.